The molecule has 4 nitrogen and oxygen atoms in total. The van der Waals surface area contributed by atoms with E-state index in [2.05, 4.69) is 19.2 Å². The van der Waals surface area contributed by atoms with Gasteiger partial charge in [-0.05, 0) is 29.7 Å². The van der Waals surface area contributed by atoms with Gasteiger partial charge in [0.1, 0.15) is 10.6 Å². The molecule has 116 valence electrons. The highest BCUT2D eigenvalue weighted by molar-refractivity contribution is 7.12. The normalized spacial score (nSPS) is 25.4. The molecule has 1 aliphatic rings. The molecule has 0 saturated heterocycles. The van der Waals surface area contributed by atoms with Gasteiger partial charge in [-0.15, -0.1) is 11.3 Å². The number of carbonyl (C=O) groups is 2. The van der Waals surface area contributed by atoms with E-state index < -0.39 is 0 Å². The lowest BCUT2D eigenvalue weighted by Crippen LogP contribution is -2.45. The topological polar surface area (TPSA) is 55.4 Å². The summed E-state index contributed by atoms with van der Waals surface area (Å²) in [5.41, 5.74) is 0. The molecule has 21 heavy (non-hydrogen) atoms. The first-order chi connectivity index (χ1) is 9.99. The molecule has 0 aliphatic heterocycles. The molecule has 0 radical (unpaired) electrons. The second kappa shape index (κ2) is 7.07. The highest BCUT2D eigenvalue weighted by Crippen LogP contribution is 2.29. The van der Waals surface area contributed by atoms with Crippen LogP contribution in [0.3, 0.4) is 0 Å². The third kappa shape index (κ3) is 4.06. The smallest absolute Gasteiger partial charge is 0.258 e. The Kier molecular flexibility index (Phi) is 5.39. The zero-order valence-corrected chi connectivity index (χ0v) is 13.7. The fourth-order valence-corrected chi connectivity index (χ4v) is 3.58. The van der Waals surface area contributed by atoms with Gasteiger partial charge in [-0.3, -0.25) is 9.59 Å². The van der Waals surface area contributed by atoms with Crippen LogP contribution >= 0.6 is 11.3 Å². The number of hydrogen-bond donors (Lipinski definition) is 1. The van der Waals surface area contributed by atoms with Crippen molar-refractivity contribution < 1.29 is 14.3 Å². The van der Waals surface area contributed by atoms with Gasteiger partial charge in [0.15, 0.2) is 12.4 Å². The fourth-order valence-electron chi connectivity index (χ4n) is 2.85. The summed E-state index contributed by atoms with van der Waals surface area (Å²) >= 11 is 1.34. The molecule has 0 unspecified atom stereocenters. The van der Waals surface area contributed by atoms with Crippen molar-refractivity contribution in [2.45, 2.75) is 46.1 Å². The summed E-state index contributed by atoms with van der Waals surface area (Å²) in [5, 5.41) is 4.87. The van der Waals surface area contributed by atoms with Crippen molar-refractivity contribution in [3.05, 3.63) is 16.3 Å². The van der Waals surface area contributed by atoms with Crippen LogP contribution < -0.4 is 10.1 Å². The average Bonchev–Trinajstić information content (AvgIpc) is 2.90. The molecule has 1 aliphatic carbocycles. The number of carbonyl (C=O) groups excluding carboxylic acids is 2. The Morgan fingerprint density at radius 3 is 2.86 bits per heavy atom. The molecule has 1 N–H and O–H groups in total. The Hall–Kier alpha value is -1.36. The van der Waals surface area contributed by atoms with Crippen molar-refractivity contribution in [3.8, 4) is 5.75 Å². The first-order valence-corrected chi connectivity index (χ1v) is 8.37. The summed E-state index contributed by atoms with van der Waals surface area (Å²) < 4.78 is 5.48. The Balaban J connectivity index is 1.85. The predicted octanol–water partition coefficient (Wildman–Crippen LogP) is 3.27. The van der Waals surface area contributed by atoms with E-state index in [0.29, 0.717) is 22.5 Å². The first-order valence-electron chi connectivity index (χ1n) is 7.49. The van der Waals surface area contributed by atoms with Crippen molar-refractivity contribution in [2.24, 2.45) is 11.8 Å². The van der Waals surface area contributed by atoms with E-state index in [1.165, 1.54) is 24.7 Å². The first kappa shape index (κ1) is 16.0. The summed E-state index contributed by atoms with van der Waals surface area (Å²) in [4.78, 5) is 24.0. The molecule has 2 rings (SSSR count). The quantitative estimate of drug-likeness (QED) is 0.849. The van der Waals surface area contributed by atoms with Crippen molar-refractivity contribution >= 4 is 23.0 Å². The van der Waals surface area contributed by atoms with E-state index in [-0.39, 0.29) is 24.3 Å². The molecule has 0 spiro atoms. The largest absolute Gasteiger partial charge is 0.482 e. The van der Waals surface area contributed by atoms with Gasteiger partial charge in [0.05, 0.1) is 0 Å². The van der Waals surface area contributed by atoms with E-state index in [1.54, 1.807) is 11.4 Å². The van der Waals surface area contributed by atoms with Crippen LogP contribution in [0.2, 0.25) is 0 Å². The third-order valence-corrected chi connectivity index (χ3v) is 5.36. The van der Waals surface area contributed by atoms with E-state index in [9.17, 15) is 9.59 Å². The fraction of sp³-hybridized carbons (Fsp3) is 0.625. The van der Waals surface area contributed by atoms with Crippen LogP contribution in [0.25, 0.3) is 0 Å². The van der Waals surface area contributed by atoms with Crippen LogP contribution in [0, 0.1) is 11.8 Å². The molecule has 1 amide bonds. The van der Waals surface area contributed by atoms with Crippen molar-refractivity contribution in [1.29, 1.82) is 0 Å². The zero-order valence-electron chi connectivity index (χ0n) is 12.8. The Labute approximate surface area is 129 Å². The Morgan fingerprint density at radius 1 is 1.38 bits per heavy atom. The predicted molar refractivity (Wildman–Crippen MR) is 83.9 cm³/mol. The number of hydrogen-bond acceptors (Lipinski definition) is 4. The van der Waals surface area contributed by atoms with Gasteiger partial charge in [0.25, 0.3) is 5.91 Å². The minimum atomic E-state index is -0.110. The van der Waals surface area contributed by atoms with Gasteiger partial charge in [0.2, 0.25) is 0 Å². The van der Waals surface area contributed by atoms with E-state index >= 15 is 0 Å². The summed E-state index contributed by atoms with van der Waals surface area (Å²) in [6.07, 6.45) is 3.44. The summed E-state index contributed by atoms with van der Waals surface area (Å²) in [6, 6.07) is 1.97. The van der Waals surface area contributed by atoms with Gasteiger partial charge >= 0.3 is 0 Å². The van der Waals surface area contributed by atoms with Crippen LogP contribution in [0.4, 0.5) is 0 Å². The Morgan fingerprint density at radius 2 is 2.14 bits per heavy atom. The molecule has 3 atom stereocenters. The van der Waals surface area contributed by atoms with Crippen molar-refractivity contribution in [3.63, 3.8) is 0 Å². The highest BCUT2D eigenvalue weighted by Gasteiger charge is 2.28. The maximum atomic E-state index is 12.0. The molecule has 0 bridgehead atoms. The van der Waals surface area contributed by atoms with Gasteiger partial charge < -0.3 is 10.1 Å². The molecule has 1 fully saturated rings. The number of Topliss-reactive ketones (excluding diaryl/α,β-unsaturated/α-hetero) is 1. The molecular weight excluding hydrogens is 286 g/mol. The molecule has 0 aromatic carbocycles. The second-order valence-electron chi connectivity index (χ2n) is 5.90. The third-order valence-electron chi connectivity index (χ3n) is 4.36. The maximum Gasteiger partial charge on any atom is 0.258 e. The summed E-state index contributed by atoms with van der Waals surface area (Å²) in [5.74, 6) is 1.51. The van der Waals surface area contributed by atoms with Crippen LogP contribution in [-0.2, 0) is 4.79 Å². The number of ether oxygens (including phenoxy) is 1. The molecule has 5 heteroatoms. The standard InChI is InChI=1S/C16H23NO3S/c1-10-5-4-6-13(11(10)2)17-15(19)9-20-14-7-8-21-16(14)12(3)18/h7-8,10-11,13H,4-6,9H2,1-3H3,(H,17,19)/t10-,11+,13+/m0/s1. The SMILES string of the molecule is CC(=O)c1sccc1OCC(=O)N[C@@H]1CCC[C@H](C)[C@H]1C. The minimum absolute atomic E-state index is 0.0323. The second-order valence-corrected chi connectivity index (χ2v) is 6.82. The molecular formula is C16H23NO3S. The number of amides is 1. The van der Waals surface area contributed by atoms with E-state index in [4.69, 9.17) is 4.74 Å². The van der Waals surface area contributed by atoms with Gasteiger partial charge in [-0.1, -0.05) is 26.7 Å². The number of ketones is 1. The van der Waals surface area contributed by atoms with Crippen molar-refractivity contribution in [2.75, 3.05) is 6.61 Å². The van der Waals surface area contributed by atoms with E-state index in [1.807, 2.05) is 0 Å². The maximum absolute atomic E-state index is 12.0. The number of thiophene rings is 1. The lowest BCUT2D eigenvalue weighted by atomic mass is 9.78. The van der Waals surface area contributed by atoms with Crippen LogP contribution in [0.15, 0.2) is 11.4 Å². The molecule has 1 aromatic heterocycles. The summed E-state index contributed by atoms with van der Waals surface area (Å²) in [6.45, 7) is 5.91. The van der Waals surface area contributed by atoms with E-state index in [0.717, 1.165) is 12.8 Å². The minimum Gasteiger partial charge on any atom is -0.482 e. The van der Waals surface area contributed by atoms with Crippen LogP contribution in [0.1, 0.15) is 49.7 Å². The van der Waals surface area contributed by atoms with Crippen LogP contribution in [-0.4, -0.2) is 24.3 Å². The number of rotatable bonds is 5. The monoisotopic (exact) mass is 309 g/mol. The molecule has 1 heterocycles. The zero-order chi connectivity index (χ0) is 15.4. The average molecular weight is 309 g/mol. The molecule has 1 saturated carbocycles. The van der Waals surface area contributed by atoms with Crippen molar-refractivity contribution in [1.82, 2.24) is 5.32 Å². The van der Waals surface area contributed by atoms with Crippen LogP contribution in [0.5, 0.6) is 5.75 Å². The lowest BCUT2D eigenvalue weighted by molar-refractivity contribution is -0.124. The van der Waals surface area contributed by atoms with Gasteiger partial charge in [-0.25, -0.2) is 0 Å². The molecule has 1 aromatic rings. The highest BCUT2D eigenvalue weighted by atomic mass is 32.1. The van der Waals surface area contributed by atoms with Gasteiger partial charge in [-0.2, -0.15) is 0 Å². The summed E-state index contributed by atoms with van der Waals surface area (Å²) in [7, 11) is 0. The van der Waals surface area contributed by atoms with Gasteiger partial charge in [0, 0.05) is 13.0 Å². The number of nitrogens with one attached hydrogen (secondary N) is 1. The Bertz CT molecular complexity index is 511. The lowest BCUT2D eigenvalue weighted by Gasteiger charge is -2.34.